The smallest absolute Gasteiger partial charge is 0.0936 e. The van der Waals surface area contributed by atoms with Crippen molar-refractivity contribution in [3.8, 4) is 0 Å². The number of aliphatic hydroxyl groups excluding tert-OH is 1. The van der Waals surface area contributed by atoms with Crippen molar-refractivity contribution in [1.82, 2.24) is 9.88 Å². The fourth-order valence-corrected chi connectivity index (χ4v) is 2.41. The van der Waals surface area contributed by atoms with E-state index in [0.29, 0.717) is 6.54 Å². The zero-order valence-corrected chi connectivity index (χ0v) is 10.7. The summed E-state index contributed by atoms with van der Waals surface area (Å²) in [5, 5.41) is 9.21. The first-order chi connectivity index (χ1) is 8.72. The van der Waals surface area contributed by atoms with Crippen LogP contribution in [-0.2, 0) is 17.8 Å². The first kappa shape index (κ1) is 13.4. The third-order valence-corrected chi connectivity index (χ3v) is 3.18. The number of rotatable bonds is 4. The summed E-state index contributed by atoms with van der Waals surface area (Å²) in [4.78, 5) is 6.57. The number of pyridine rings is 1. The fourth-order valence-electron chi connectivity index (χ4n) is 2.41. The number of aromatic nitrogens is 1. The normalized spacial score (nSPS) is 25.3. The molecule has 0 spiro atoms. The van der Waals surface area contributed by atoms with E-state index < -0.39 is 0 Å². The van der Waals surface area contributed by atoms with E-state index in [9.17, 15) is 5.11 Å². The van der Waals surface area contributed by atoms with Crippen LogP contribution in [0.25, 0.3) is 0 Å². The van der Waals surface area contributed by atoms with Crippen molar-refractivity contribution in [2.75, 3.05) is 19.7 Å². The number of ether oxygens (including phenoxy) is 1. The van der Waals surface area contributed by atoms with Gasteiger partial charge in [0.1, 0.15) is 0 Å². The summed E-state index contributed by atoms with van der Waals surface area (Å²) in [6.07, 6.45) is 1.82. The van der Waals surface area contributed by atoms with Crippen LogP contribution >= 0.6 is 0 Å². The second kappa shape index (κ2) is 6.24. The lowest BCUT2D eigenvalue weighted by molar-refractivity contribution is -0.0973. The Labute approximate surface area is 108 Å². The van der Waals surface area contributed by atoms with Crippen LogP contribution in [0.15, 0.2) is 18.3 Å². The van der Waals surface area contributed by atoms with E-state index in [1.807, 2.05) is 13.0 Å². The van der Waals surface area contributed by atoms with E-state index in [4.69, 9.17) is 10.5 Å². The summed E-state index contributed by atoms with van der Waals surface area (Å²) in [6, 6.07) is 3.99. The summed E-state index contributed by atoms with van der Waals surface area (Å²) < 4.78 is 5.63. The van der Waals surface area contributed by atoms with Crippen LogP contribution in [0.1, 0.15) is 18.2 Å². The second-order valence-electron chi connectivity index (χ2n) is 4.76. The molecule has 0 bridgehead atoms. The molecule has 0 saturated carbocycles. The van der Waals surface area contributed by atoms with Crippen molar-refractivity contribution in [2.45, 2.75) is 32.2 Å². The molecule has 0 aromatic carbocycles. The van der Waals surface area contributed by atoms with Gasteiger partial charge in [-0.05, 0) is 18.6 Å². The van der Waals surface area contributed by atoms with Crippen molar-refractivity contribution in [3.63, 3.8) is 0 Å². The van der Waals surface area contributed by atoms with Gasteiger partial charge in [-0.3, -0.25) is 9.88 Å². The summed E-state index contributed by atoms with van der Waals surface area (Å²) >= 11 is 0. The predicted molar refractivity (Wildman–Crippen MR) is 68.8 cm³/mol. The lowest BCUT2D eigenvalue weighted by atomic mass is 10.1. The zero-order chi connectivity index (χ0) is 13.0. The largest absolute Gasteiger partial charge is 0.394 e. The van der Waals surface area contributed by atoms with E-state index in [0.717, 1.165) is 30.9 Å². The third-order valence-electron chi connectivity index (χ3n) is 3.18. The third kappa shape index (κ3) is 3.26. The molecule has 1 aliphatic heterocycles. The van der Waals surface area contributed by atoms with Crippen LogP contribution in [0.4, 0.5) is 0 Å². The van der Waals surface area contributed by atoms with Gasteiger partial charge in [-0.2, -0.15) is 0 Å². The molecule has 2 unspecified atom stereocenters. The van der Waals surface area contributed by atoms with Gasteiger partial charge in [0.15, 0.2) is 0 Å². The van der Waals surface area contributed by atoms with Crippen LogP contribution in [0.2, 0.25) is 0 Å². The van der Waals surface area contributed by atoms with Gasteiger partial charge in [0.05, 0.1) is 24.5 Å². The number of hydrogen-bond acceptors (Lipinski definition) is 5. The van der Waals surface area contributed by atoms with Crippen molar-refractivity contribution in [2.24, 2.45) is 5.73 Å². The monoisotopic (exact) mass is 251 g/mol. The average molecular weight is 251 g/mol. The molecule has 0 amide bonds. The molecule has 1 aromatic heterocycles. The minimum absolute atomic E-state index is 0.0671. The van der Waals surface area contributed by atoms with E-state index in [1.165, 1.54) is 0 Å². The zero-order valence-electron chi connectivity index (χ0n) is 10.7. The van der Waals surface area contributed by atoms with Crippen LogP contribution < -0.4 is 5.73 Å². The standard InChI is InChI=1S/C13H21N3O2/c1-10-6-16(8-12(9-17)18-10)7-11-3-2-4-15-13(11)5-14/h2-4,10,12,17H,5-9,14H2,1H3. The molecule has 1 aromatic rings. The van der Waals surface area contributed by atoms with E-state index in [2.05, 4.69) is 16.0 Å². The second-order valence-corrected chi connectivity index (χ2v) is 4.76. The van der Waals surface area contributed by atoms with Crippen molar-refractivity contribution < 1.29 is 9.84 Å². The Morgan fingerprint density at radius 3 is 3.11 bits per heavy atom. The molecule has 2 heterocycles. The highest BCUT2D eigenvalue weighted by Gasteiger charge is 2.25. The number of aliphatic hydroxyl groups is 1. The van der Waals surface area contributed by atoms with Gasteiger partial charge < -0.3 is 15.6 Å². The SMILES string of the molecule is CC1CN(Cc2cccnc2CN)CC(CO)O1. The Bertz CT molecular complexity index is 386. The maximum atomic E-state index is 9.21. The topological polar surface area (TPSA) is 71.6 Å². The molecule has 0 radical (unpaired) electrons. The van der Waals surface area contributed by atoms with Crippen LogP contribution in [0, 0.1) is 0 Å². The summed E-state index contributed by atoms with van der Waals surface area (Å²) in [5.74, 6) is 0. The molecule has 2 atom stereocenters. The molecule has 0 aliphatic carbocycles. The minimum Gasteiger partial charge on any atom is -0.394 e. The molecule has 1 aliphatic rings. The highest BCUT2D eigenvalue weighted by atomic mass is 16.5. The highest BCUT2D eigenvalue weighted by molar-refractivity contribution is 5.19. The van der Waals surface area contributed by atoms with Crippen LogP contribution in [0.3, 0.4) is 0 Å². The van der Waals surface area contributed by atoms with Gasteiger partial charge in [0.25, 0.3) is 0 Å². The summed E-state index contributed by atoms with van der Waals surface area (Å²) in [7, 11) is 0. The minimum atomic E-state index is -0.0910. The number of nitrogens with zero attached hydrogens (tertiary/aromatic N) is 2. The average Bonchev–Trinajstić information content (AvgIpc) is 2.38. The van der Waals surface area contributed by atoms with Crippen molar-refractivity contribution in [3.05, 3.63) is 29.6 Å². The molecule has 100 valence electrons. The summed E-state index contributed by atoms with van der Waals surface area (Å²) in [5.41, 5.74) is 7.79. The molecular formula is C13H21N3O2. The molecular weight excluding hydrogens is 230 g/mol. The Balaban J connectivity index is 2.04. The quantitative estimate of drug-likeness (QED) is 0.795. The molecule has 1 fully saturated rings. The Hall–Kier alpha value is -1.01. The van der Waals surface area contributed by atoms with Gasteiger partial charge in [-0.25, -0.2) is 0 Å². The molecule has 18 heavy (non-hydrogen) atoms. The van der Waals surface area contributed by atoms with Crippen LogP contribution in [-0.4, -0.2) is 46.9 Å². The lowest BCUT2D eigenvalue weighted by Gasteiger charge is -2.36. The Morgan fingerprint density at radius 1 is 1.56 bits per heavy atom. The lowest BCUT2D eigenvalue weighted by Crippen LogP contribution is -2.47. The van der Waals surface area contributed by atoms with Gasteiger partial charge in [-0.1, -0.05) is 6.07 Å². The summed E-state index contributed by atoms with van der Waals surface area (Å²) in [6.45, 7) is 4.98. The van der Waals surface area contributed by atoms with Gasteiger partial charge in [0.2, 0.25) is 0 Å². The Kier molecular flexibility index (Phi) is 4.66. The van der Waals surface area contributed by atoms with Gasteiger partial charge >= 0.3 is 0 Å². The molecule has 1 saturated heterocycles. The fraction of sp³-hybridized carbons (Fsp3) is 0.615. The maximum absolute atomic E-state index is 9.21. The van der Waals surface area contributed by atoms with Gasteiger partial charge in [-0.15, -0.1) is 0 Å². The van der Waals surface area contributed by atoms with E-state index >= 15 is 0 Å². The first-order valence-electron chi connectivity index (χ1n) is 6.34. The van der Waals surface area contributed by atoms with E-state index in [1.54, 1.807) is 6.20 Å². The van der Waals surface area contributed by atoms with Crippen molar-refractivity contribution >= 4 is 0 Å². The first-order valence-corrected chi connectivity index (χ1v) is 6.34. The van der Waals surface area contributed by atoms with E-state index in [-0.39, 0.29) is 18.8 Å². The Morgan fingerprint density at radius 2 is 2.39 bits per heavy atom. The molecule has 5 heteroatoms. The molecule has 3 N–H and O–H groups in total. The van der Waals surface area contributed by atoms with Crippen LogP contribution in [0.5, 0.6) is 0 Å². The number of morpholine rings is 1. The maximum Gasteiger partial charge on any atom is 0.0936 e. The van der Waals surface area contributed by atoms with Crippen molar-refractivity contribution in [1.29, 1.82) is 0 Å². The molecule has 5 nitrogen and oxygen atoms in total. The highest BCUT2D eigenvalue weighted by Crippen LogP contribution is 2.15. The predicted octanol–water partition coefficient (Wildman–Crippen LogP) is 0.122. The van der Waals surface area contributed by atoms with Gasteiger partial charge in [0, 0.05) is 32.4 Å². The number of hydrogen-bond donors (Lipinski definition) is 2. The molecule has 2 rings (SSSR count). The number of nitrogens with two attached hydrogens (primary N) is 1.